The molecule has 0 atom stereocenters. The van der Waals surface area contributed by atoms with Gasteiger partial charge >= 0.3 is 12.0 Å². The molecule has 0 aliphatic carbocycles. The number of nitrogens with zero attached hydrogens (tertiary/aromatic N) is 6. The van der Waals surface area contributed by atoms with Crippen molar-refractivity contribution in [3.05, 3.63) is 84.2 Å². The van der Waals surface area contributed by atoms with E-state index >= 15 is 0 Å². The van der Waals surface area contributed by atoms with Gasteiger partial charge in [0.2, 0.25) is 5.84 Å². The number of halogens is 1. The Kier molecular flexibility index (Phi) is 5.44. The number of nitrogens with two attached hydrogens (primary N) is 2. The van der Waals surface area contributed by atoms with E-state index < -0.39 is 0 Å². The second-order valence-corrected chi connectivity index (χ2v) is 6.37. The first-order valence-corrected chi connectivity index (χ1v) is 9.16. The zero-order chi connectivity index (χ0) is 20.9. The van der Waals surface area contributed by atoms with Crippen LogP contribution < -0.4 is 20.8 Å². The molecule has 4 N–H and O–H groups in total. The molecule has 0 amide bonds. The number of amidine groups is 1. The maximum atomic E-state index is 6.45. The van der Waals surface area contributed by atoms with E-state index in [2.05, 4.69) is 24.9 Å². The highest BCUT2D eigenvalue weighted by Gasteiger charge is 2.21. The van der Waals surface area contributed by atoms with Crippen molar-refractivity contribution in [3.8, 4) is 11.8 Å². The number of benzene rings is 1. The summed E-state index contributed by atoms with van der Waals surface area (Å²) in [5.41, 5.74) is 13.9. The zero-order valence-corrected chi connectivity index (χ0v) is 16.3. The number of rotatable bonds is 5. The third kappa shape index (κ3) is 4.01. The van der Waals surface area contributed by atoms with Gasteiger partial charge in [-0.25, -0.2) is 15.0 Å². The summed E-state index contributed by atoms with van der Waals surface area (Å²) in [5, 5.41) is 0.322. The highest BCUT2D eigenvalue weighted by molar-refractivity contribution is 6.32. The van der Waals surface area contributed by atoms with Crippen molar-refractivity contribution >= 4 is 34.8 Å². The summed E-state index contributed by atoms with van der Waals surface area (Å²) in [6, 6.07) is 12.1. The van der Waals surface area contributed by atoms with Gasteiger partial charge in [0.05, 0.1) is 28.8 Å². The van der Waals surface area contributed by atoms with Crippen molar-refractivity contribution in [2.24, 2.45) is 5.73 Å². The Morgan fingerprint density at radius 3 is 2.20 bits per heavy atom. The molecule has 0 saturated heterocycles. The summed E-state index contributed by atoms with van der Waals surface area (Å²) in [6.07, 6.45) is 7.97. The second kappa shape index (κ2) is 8.50. The van der Waals surface area contributed by atoms with Crippen LogP contribution in [0.2, 0.25) is 5.02 Å². The van der Waals surface area contributed by atoms with Crippen LogP contribution in [-0.2, 0) is 0 Å². The molecule has 3 aromatic heterocycles. The normalized spacial score (nSPS) is 11.6. The fourth-order valence-electron chi connectivity index (χ4n) is 2.65. The number of ether oxygens (including phenoxy) is 1. The lowest BCUT2D eigenvalue weighted by atomic mass is 10.2. The van der Waals surface area contributed by atoms with Gasteiger partial charge < -0.3 is 16.2 Å². The standard InChI is InChI=1S/C20H15ClN8O/c21-14-12-13(5-6-16(14)30-20-27-10-3-11-28-20)29(19-25-8-2-9-26-19)18(23)17-15(22)4-1-7-24-17/h1-12H,(H3,22,23)/p+1. The maximum absolute atomic E-state index is 6.45. The fourth-order valence-corrected chi connectivity index (χ4v) is 2.87. The minimum atomic E-state index is 0.183. The Balaban J connectivity index is 1.82. The first-order valence-electron chi connectivity index (χ1n) is 8.78. The Labute approximate surface area is 176 Å². The molecule has 0 bridgehead atoms. The molecule has 4 rings (SSSR count). The van der Waals surface area contributed by atoms with Crippen LogP contribution in [0, 0.1) is 0 Å². The number of hydrogen-bond acceptors (Lipinski definition) is 7. The molecule has 0 fully saturated rings. The summed E-state index contributed by atoms with van der Waals surface area (Å²) in [7, 11) is 0. The van der Waals surface area contributed by atoms with E-state index in [1.165, 1.54) is 0 Å². The van der Waals surface area contributed by atoms with Gasteiger partial charge in [-0.1, -0.05) is 11.6 Å². The van der Waals surface area contributed by atoms with Gasteiger partial charge in [0, 0.05) is 18.6 Å². The van der Waals surface area contributed by atoms with E-state index in [0.717, 1.165) is 0 Å². The lowest BCUT2D eigenvalue weighted by Gasteiger charge is -2.12. The summed E-state index contributed by atoms with van der Waals surface area (Å²) in [5.74, 6) is 0.961. The summed E-state index contributed by atoms with van der Waals surface area (Å²) in [4.78, 5) is 21.0. The number of aromatic nitrogens is 5. The Morgan fingerprint density at radius 2 is 1.53 bits per heavy atom. The minimum absolute atomic E-state index is 0.183. The topological polar surface area (TPSA) is 129 Å². The molecular formula is C20H16ClN8O+. The maximum Gasteiger partial charge on any atom is 0.389 e. The monoisotopic (exact) mass is 419 g/mol. The average Bonchev–Trinajstić information content (AvgIpc) is 2.77. The van der Waals surface area contributed by atoms with E-state index in [0.29, 0.717) is 33.8 Å². The van der Waals surface area contributed by atoms with Crippen molar-refractivity contribution in [2.75, 3.05) is 5.73 Å². The van der Waals surface area contributed by atoms with Crippen LogP contribution in [-0.4, -0.2) is 30.8 Å². The van der Waals surface area contributed by atoms with Gasteiger partial charge in [-0.15, -0.1) is 9.97 Å². The minimum Gasteiger partial charge on any atom is -0.423 e. The van der Waals surface area contributed by atoms with Gasteiger partial charge in [0.15, 0.2) is 5.69 Å². The predicted octanol–water partition coefficient (Wildman–Crippen LogP) is 2.93. The van der Waals surface area contributed by atoms with Gasteiger partial charge in [0.25, 0.3) is 0 Å². The lowest BCUT2D eigenvalue weighted by Crippen LogP contribution is -2.29. The highest BCUT2D eigenvalue weighted by atomic mass is 35.5. The molecule has 9 nitrogen and oxygen atoms in total. The van der Waals surface area contributed by atoms with Crippen LogP contribution >= 0.6 is 11.6 Å². The first kappa shape index (κ1) is 19.2. The molecule has 4 aromatic rings. The molecular weight excluding hydrogens is 404 g/mol. The molecule has 148 valence electrons. The molecule has 0 saturated carbocycles. The average molecular weight is 420 g/mol. The van der Waals surface area contributed by atoms with Crippen molar-refractivity contribution < 1.29 is 4.74 Å². The number of hydrogen-bond donors (Lipinski definition) is 2. The predicted molar refractivity (Wildman–Crippen MR) is 114 cm³/mol. The zero-order valence-electron chi connectivity index (χ0n) is 15.6. The highest BCUT2D eigenvalue weighted by Crippen LogP contribution is 2.32. The van der Waals surface area contributed by atoms with Gasteiger partial charge in [-0.2, -0.15) is 4.58 Å². The Hall–Kier alpha value is -4.11. The molecule has 1 aromatic carbocycles. The van der Waals surface area contributed by atoms with Gasteiger partial charge in [0.1, 0.15) is 5.75 Å². The van der Waals surface area contributed by atoms with Gasteiger partial charge in [-0.3, -0.25) is 0 Å². The van der Waals surface area contributed by atoms with Crippen LogP contribution in [0.15, 0.2) is 73.4 Å². The lowest BCUT2D eigenvalue weighted by molar-refractivity contribution is 0.442. The second-order valence-electron chi connectivity index (χ2n) is 5.96. The first-order chi connectivity index (χ1) is 14.6. The number of anilines is 1. The Bertz CT molecular complexity index is 1200. The van der Waals surface area contributed by atoms with Crippen LogP contribution in [0.4, 0.5) is 17.3 Å². The third-order valence-electron chi connectivity index (χ3n) is 3.99. The summed E-state index contributed by atoms with van der Waals surface area (Å²) >= 11 is 6.45. The summed E-state index contributed by atoms with van der Waals surface area (Å²) in [6.45, 7) is 0. The quantitative estimate of drug-likeness (QED) is 0.287. The molecule has 0 unspecified atom stereocenters. The molecule has 0 aliphatic heterocycles. The molecule has 0 radical (unpaired) electrons. The van der Waals surface area contributed by atoms with E-state index in [4.69, 9.17) is 27.8 Å². The van der Waals surface area contributed by atoms with Crippen molar-refractivity contribution in [1.29, 1.82) is 0 Å². The number of pyridine rings is 1. The molecule has 0 aliphatic rings. The van der Waals surface area contributed by atoms with E-state index in [9.17, 15) is 0 Å². The summed E-state index contributed by atoms with van der Waals surface area (Å²) < 4.78 is 7.24. The van der Waals surface area contributed by atoms with Crippen LogP contribution in [0.1, 0.15) is 5.69 Å². The smallest absolute Gasteiger partial charge is 0.389 e. The van der Waals surface area contributed by atoms with E-state index in [1.807, 2.05) is 0 Å². The van der Waals surface area contributed by atoms with Crippen LogP contribution in [0.5, 0.6) is 11.8 Å². The molecule has 0 spiro atoms. The molecule has 3 heterocycles. The van der Waals surface area contributed by atoms with E-state index in [-0.39, 0.29) is 11.8 Å². The van der Waals surface area contributed by atoms with Crippen molar-refractivity contribution in [3.63, 3.8) is 0 Å². The fraction of sp³-hybridized carbons (Fsp3) is 0. The van der Waals surface area contributed by atoms with Crippen LogP contribution in [0.3, 0.4) is 0 Å². The SMILES string of the molecule is NC(c1ncccc1N)=[N+](c1ccc(Oc2ncccn2)c(Cl)c1)c1ncccn1. The van der Waals surface area contributed by atoms with Crippen molar-refractivity contribution in [2.45, 2.75) is 0 Å². The molecule has 10 heteroatoms. The van der Waals surface area contributed by atoms with Crippen LogP contribution in [0.25, 0.3) is 0 Å². The third-order valence-corrected chi connectivity index (χ3v) is 4.29. The number of nitrogen functional groups attached to an aromatic ring is 1. The van der Waals surface area contributed by atoms with Gasteiger partial charge in [-0.05, 0) is 42.5 Å². The molecule has 30 heavy (non-hydrogen) atoms. The Morgan fingerprint density at radius 1 is 0.867 bits per heavy atom. The largest absolute Gasteiger partial charge is 0.423 e. The van der Waals surface area contributed by atoms with Crippen molar-refractivity contribution in [1.82, 2.24) is 29.5 Å². The van der Waals surface area contributed by atoms with E-state index in [1.54, 1.807) is 78.0 Å².